The van der Waals surface area contributed by atoms with Gasteiger partial charge in [-0.2, -0.15) is 8.73 Å². The zero-order chi connectivity index (χ0) is 14.1. The van der Waals surface area contributed by atoms with E-state index < -0.39 is 0 Å². The Labute approximate surface area is 123 Å². The van der Waals surface area contributed by atoms with Gasteiger partial charge in [-0.25, -0.2) is 0 Å². The van der Waals surface area contributed by atoms with Gasteiger partial charge in [-0.1, -0.05) is 17.7 Å². The van der Waals surface area contributed by atoms with Gasteiger partial charge in [0.2, 0.25) is 0 Å². The van der Waals surface area contributed by atoms with E-state index in [0.717, 1.165) is 22.7 Å². The third kappa shape index (κ3) is 2.35. The highest BCUT2D eigenvalue weighted by Crippen LogP contribution is 2.38. The number of carbonyl (C=O) groups is 1. The minimum absolute atomic E-state index is 0.317. The van der Waals surface area contributed by atoms with E-state index in [1.165, 1.54) is 6.20 Å². The Hall–Kier alpha value is -2.05. The molecule has 1 aliphatic rings. The molecule has 1 N–H and O–H groups in total. The Bertz CT molecular complexity index is 784. The fourth-order valence-corrected chi connectivity index (χ4v) is 2.63. The third-order valence-electron chi connectivity index (χ3n) is 2.77. The number of pyridine rings is 1. The number of halogens is 1. The summed E-state index contributed by atoms with van der Waals surface area (Å²) in [5.74, 6) is -0.317. The molecule has 7 heteroatoms. The number of amides is 1. The molecule has 0 radical (unpaired) electrons. The molecular formula is C13H9ClN4OS. The van der Waals surface area contributed by atoms with Crippen LogP contribution in [0.3, 0.4) is 0 Å². The largest absolute Gasteiger partial charge is 0.320 e. The van der Waals surface area contributed by atoms with Gasteiger partial charge in [-0.3, -0.25) is 9.78 Å². The van der Waals surface area contributed by atoms with E-state index in [4.69, 9.17) is 11.6 Å². The zero-order valence-corrected chi connectivity index (χ0v) is 12.0. The van der Waals surface area contributed by atoms with Gasteiger partial charge in [0.15, 0.2) is 0 Å². The molecule has 0 saturated heterocycles. The molecule has 0 saturated carbocycles. The van der Waals surface area contributed by atoms with Gasteiger partial charge < -0.3 is 5.32 Å². The number of hydrogen-bond acceptors (Lipinski definition) is 4. The van der Waals surface area contributed by atoms with E-state index in [1.807, 2.05) is 19.1 Å². The first-order valence-corrected chi connectivity index (χ1v) is 6.91. The maximum absolute atomic E-state index is 12.2. The summed E-state index contributed by atoms with van der Waals surface area (Å²) < 4.78 is 8.30. The average molecular weight is 305 g/mol. The molecule has 1 aromatic carbocycles. The molecule has 0 spiro atoms. The number of fused-ring (bicyclic) bond motifs is 1. The summed E-state index contributed by atoms with van der Waals surface area (Å²) in [6, 6.07) is 7.09. The van der Waals surface area contributed by atoms with Crippen molar-refractivity contribution in [3.8, 4) is 0 Å². The standard InChI is InChI=1S/C13H9ClN4OS/c1-7-5-9(14)8(6-15-7)13(19)16-10-3-2-4-11-12(10)18-20-17-11/h2-6H,1H3,(H,16,19). The van der Waals surface area contributed by atoms with Gasteiger partial charge >= 0.3 is 0 Å². The number of nitrogens with zero attached hydrogens (tertiary/aromatic N) is 3. The van der Waals surface area contributed by atoms with Crippen molar-refractivity contribution in [2.45, 2.75) is 6.92 Å². The van der Waals surface area contributed by atoms with E-state index in [9.17, 15) is 4.79 Å². The van der Waals surface area contributed by atoms with Crippen molar-refractivity contribution in [3.05, 3.63) is 46.7 Å². The molecule has 1 aliphatic heterocycles. The Morgan fingerprint density at radius 3 is 3.00 bits per heavy atom. The number of carbonyl (C=O) groups excluding carboxylic acids is 1. The second-order valence-corrected chi connectivity index (χ2v) is 5.13. The topological polar surface area (TPSA) is 66.7 Å². The van der Waals surface area contributed by atoms with Gasteiger partial charge in [-0.15, -0.1) is 0 Å². The van der Waals surface area contributed by atoms with Crippen molar-refractivity contribution in [2.75, 3.05) is 5.32 Å². The number of aryl methyl sites for hydroxylation is 1. The van der Waals surface area contributed by atoms with Crippen LogP contribution in [0.2, 0.25) is 5.02 Å². The van der Waals surface area contributed by atoms with Gasteiger partial charge in [0, 0.05) is 11.9 Å². The number of hydrogen-bond donors (Lipinski definition) is 1. The maximum atomic E-state index is 12.2. The predicted octanol–water partition coefficient (Wildman–Crippen LogP) is 4.02. The quantitative estimate of drug-likeness (QED) is 0.777. The maximum Gasteiger partial charge on any atom is 0.258 e. The van der Waals surface area contributed by atoms with Crippen LogP contribution in [0, 0.1) is 6.92 Å². The molecule has 3 rings (SSSR count). The summed E-state index contributed by atoms with van der Waals surface area (Å²) in [6.07, 6.45) is 1.46. The molecule has 1 amide bonds. The first-order valence-electron chi connectivity index (χ1n) is 5.80. The minimum atomic E-state index is -0.317. The van der Waals surface area contributed by atoms with Crippen LogP contribution in [0.1, 0.15) is 16.1 Å². The van der Waals surface area contributed by atoms with Gasteiger partial charge in [0.05, 0.1) is 27.6 Å². The molecule has 0 unspecified atom stereocenters. The molecule has 2 heterocycles. The smallest absolute Gasteiger partial charge is 0.258 e. The first kappa shape index (κ1) is 13.0. The fraction of sp³-hybridized carbons (Fsp3) is 0.0769. The van der Waals surface area contributed by atoms with Crippen molar-refractivity contribution >= 4 is 45.9 Å². The number of rotatable bonds is 2. The van der Waals surface area contributed by atoms with E-state index in [1.54, 1.807) is 12.1 Å². The van der Waals surface area contributed by atoms with E-state index in [0.29, 0.717) is 22.0 Å². The predicted molar refractivity (Wildman–Crippen MR) is 79.9 cm³/mol. The van der Waals surface area contributed by atoms with Crippen LogP contribution in [0.25, 0.3) is 0 Å². The fourth-order valence-electron chi connectivity index (χ4n) is 1.79. The Morgan fingerprint density at radius 2 is 2.20 bits per heavy atom. The Morgan fingerprint density at radius 1 is 1.35 bits per heavy atom. The lowest BCUT2D eigenvalue weighted by molar-refractivity contribution is 0.102. The molecule has 20 heavy (non-hydrogen) atoms. The molecule has 1 aromatic heterocycles. The third-order valence-corrected chi connectivity index (χ3v) is 3.62. The highest BCUT2D eigenvalue weighted by molar-refractivity contribution is 7.58. The van der Waals surface area contributed by atoms with Crippen molar-refractivity contribution in [2.24, 2.45) is 8.73 Å². The summed E-state index contributed by atoms with van der Waals surface area (Å²) in [6.45, 7) is 1.81. The summed E-state index contributed by atoms with van der Waals surface area (Å²) in [7, 11) is 0. The van der Waals surface area contributed by atoms with Crippen molar-refractivity contribution < 1.29 is 4.79 Å². The molecular weight excluding hydrogens is 296 g/mol. The molecule has 0 atom stereocenters. The monoisotopic (exact) mass is 304 g/mol. The lowest BCUT2D eigenvalue weighted by Crippen LogP contribution is -2.13. The SMILES string of the molecule is Cc1cc(Cl)c(C(=O)Nc2cccc3c2N=S=N3)cn1. The summed E-state index contributed by atoms with van der Waals surface area (Å²) in [5.41, 5.74) is 3.12. The van der Waals surface area contributed by atoms with Crippen molar-refractivity contribution in [1.82, 2.24) is 4.98 Å². The van der Waals surface area contributed by atoms with Gasteiger partial charge in [0.1, 0.15) is 11.4 Å². The van der Waals surface area contributed by atoms with Crippen LogP contribution in [-0.2, 0) is 11.4 Å². The number of anilines is 1. The highest BCUT2D eigenvalue weighted by Gasteiger charge is 2.16. The van der Waals surface area contributed by atoms with Crippen LogP contribution in [0.5, 0.6) is 0 Å². The van der Waals surface area contributed by atoms with Crippen molar-refractivity contribution in [3.63, 3.8) is 0 Å². The van der Waals surface area contributed by atoms with E-state index in [-0.39, 0.29) is 5.91 Å². The first-order chi connectivity index (χ1) is 9.65. The average Bonchev–Trinajstić information content (AvgIpc) is 2.87. The summed E-state index contributed by atoms with van der Waals surface area (Å²) in [4.78, 5) is 16.3. The highest BCUT2D eigenvalue weighted by atomic mass is 35.5. The molecule has 5 nitrogen and oxygen atoms in total. The molecule has 0 fully saturated rings. The van der Waals surface area contributed by atoms with Crippen molar-refractivity contribution in [1.29, 1.82) is 0 Å². The number of benzene rings is 1. The van der Waals surface area contributed by atoms with E-state index >= 15 is 0 Å². The van der Waals surface area contributed by atoms with Crippen LogP contribution in [-0.4, -0.2) is 10.9 Å². The summed E-state index contributed by atoms with van der Waals surface area (Å²) >= 11 is 7.17. The summed E-state index contributed by atoms with van der Waals surface area (Å²) in [5, 5.41) is 3.16. The van der Waals surface area contributed by atoms with Gasteiger partial charge in [0.25, 0.3) is 5.91 Å². The second-order valence-electron chi connectivity index (χ2n) is 4.20. The van der Waals surface area contributed by atoms with Crippen LogP contribution in [0.4, 0.5) is 17.1 Å². The minimum Gasteiger partial charge on any atom is -0.320 e. The Kier molecular flexibility index (Phi) is 3.33. The number of nitrogens with one attached hydrogen (secondary N) is 1. The second kappa shape index (κ2) is 5.15. The van der Waals surface area contributed by atoms with Crippen LogP contribution in [0.15, 0.2) is 39.2 Å². The van der Waals surface area contributed by atoms with Crippen LogP contribution >= 0.6 is 11.6 Å². The van der Waals surface area contributed by atoms with Crippen LogP contribution < -0.4 is 5.32 Å². The van der Waals surface area contributed by atoms with Gasteiger partial charge in [-0.05, 0) is 25.1 Å². The molecule has 0 aliphatic carbocycles. The lowest BCUT2D eigenvalue weighted by atomic mass is 10.2. The number of aromatic nitrogens is 1. The normalized spacial score (nSPS) is 11.9. The Balaban J connectivity index is 1.91. The van der Waals surface area contributed by atoms with E-state index in [2.05, 4.69) is 19.0 Å². The molecule has 100 valence electrons. The molecule has 0 bridgehead atoms. The lowest BCUT2D eigenvalue weighted by Gasteiger charge is -2.08. The molecule has 2 aromatic rings. The zero-order valence-electron chi connectivity index (χ0n) is 10.4.